The molecule has 19 heavy (non-hydrogen) atoms. The summed E-state index contributed by atoms with van der Waals surface area (Å²) in [5, 5.41) is 0. The van der Waals surface area contributed by atoms with Crippen LogP contribution in [0.4, 0.5) is 0 Å². The van der Waals surface area contributed by atoms with E-state index in [2.05, 4.69) is 34.5 Å². The van der Waals surface area contributed by atoms with Crippen LogP contribution in [0.2, 0.25) is 0 Å². The van der Waals surface area contributed by atoms with Crippen molar-refractivity contribution in [2.45, 2.75) is 32.1 Å². The van der Waals surface area contributed by atoms with Crippen LogP contribution < -0.4 is 4.72 Å². The van der Waals surface area contributed by atoms with Crippen molar-refractivity contribution in [3.05, 3.63) is 14.7 Å². The fraction of sp³-hybridized carbons (Fsp3) is 0.667. The van der Waals surface area contributed by atoms with Gasteiger partial charge in [-0.1, -0.05) is 13.8 Å². The van der Waals surface area contributed by atoms with E-state index in [-0.39, 0.29) is 0 Å². The van der Waals surface area contributed by atoms with Crippen LogP contribution in [-0.4, -0.2) is 28.2 Å². The second kappa shape index (κ2) is 7.73. The third kappa shape index (κ3) is 5.91. The summed E-state index contributed by atoms with van der Waals surface area (Å²) in [5.41, 5.74) is 0. The molecular weight excluding hydrogens is 350 g/mol. The van der Waals surface area contributed by atoms with Crippen LogP contribution in [0.15, 0.2) is 14.7 Å². The van der Waals surface area contributed by atoms with Gasteiger partial charge in [0.2, 0.25) is 10.0 Å². The molecule has 0 aliphatic rings. The summed E-state index contributed by atoms with van der Waals surface area (Å²) in [7, 11) is -3.42. The second-order valence-electron chi connectivity index (χ2n) is 4.66. The van der Waals surface area contributed by atoms with Gasteiger partial charge in [-0.25, -0.2) is 13.1 Å². The number of hydrogen-bond acceptors (Lipinski definition) is 4. The topological polar surface area (TPSA) is 55.4 Å². The molecule has 0 aromatic carbocycles. The third-order valence-electron chi connectivity index (χ3n) is 2.51. The van der Waals surface area contributed by atoms with Crippen molar-refractivity contribution in [3.63, 3.8) is 0 Å². The Hall–Kier alpha value is 0.0500. The van der Waals surface area contributed by atoms with E-state index in [4.69, 9.17) is 4.74 Å². The molecule has 0 bridgehead atoms. The van der Waals surface area contributed by atoms with E-state index in [0.29, 0.717) is 30.6 Å². The molecule has 4 nitrogen and oxygen atoms in total. The number of aryl methyl sites for hydroxylation is 1. The predicted octanol–water partition coefficient (Wildman–Crippen LogP) is 3.16. The Morgan fingerprint density at radius 1 is 1.42 bits per heavy atom. The Morgan fingerprint density at radius 3 is 2.63 bits per heavy atom. The zero-order valence-corrected chi connectivity index (χ0v) is 14.6. The van der Waals surface area contributed by atoms with Gasteiger partial charge < -0.3 is 4.74 Å². The lowest BCUT2D eigenvalue weighted by Gasteiger charge is -2.08. The summed E-state index contributed by atoms with van der Waals surface area (Å²) in [5.74, 6) is 0.600. The quantitative estimate of drug-likeness (QED) is 0.716. The lowest BCUT2D eigenvalue weighted by Crippen LogP contribution is -2.27. The fourth-order valence-corrected chi connectivity index (χ4v) is 4.87. The van der Waals surface area contributed by atoms with Crippen LogP contribution in [0, 0.1) is 12.8 Å². The van der Waals surface area contributed by atoms with Crippen LogP contribution in [0.1, 0.15) is 25.1 Å². The molecule has 1 heterocycles. The van der Waals surface area contributed by atoms with E-state index in [1.807, 2.05) is 0 Å². The summed E-state index contributed by atoms with van der Waals surface area (Å²) < 4.78 is 32.8. The Balaban J connectivity index is 2.38. The zero-order valence-electron chi connectivity index (χ0n) is 11.4. The van der Waals surface area contributed by atoms with Gasteiger partial charge in [-0.2, -0.15) is 0 Å². The number of hydrogen-bond donors (Lipinski definition) is 1. The molecule has 0 aliphatic heterocycles. The van der Waals surface area contributed by atoms with Gasteiger partial charge >= 0.3 is 0 Å². The monoisotopic (exact) mass is 369 g/mol. The van der Waals surface area contributed by atoms with Gasteiger partial charge in [0.25, 0.3) is 0 Å². The van der Waals surface area contributed by atoms with Gasteiger partial charge in [0.05, 0.1) is 15.3 Å². The Labute approximate surface area is 127 Å². The highest BCUT2D eigenvalue weighted by atomic mass is 79.9. The molecule has 1 N–H and O–H groups in total. The molecule has 0 spiro atoms. The minimum Gasteiger partial charge on any atom is -0.380 e. The Bertz CT molecular complexity index is 497. The van der Waals surface area contributed by atoms with Crippen molar-refractivity contribution in [2.24, 2.45) is 5.92 Å². The maximum Gasteiger partial charge on any atom is 0.241 e. The largest absolute Gasteiger partial charge is 0.380 e. The van der Waals surface area contributed by atoms with Crippen molar-refractivity contribution < 1.29 is 13.2 Å². The number of nitrogens with one attached hydrogen (secondary N) is 1. The molecule has 1 aromatic rings. The van der Waals surface area contributed by atoms with Crippen LogP contribution >= 0.6 is 27.3 Å². The predicted molar refractivity (Wildman–Crippen MR) is 82.2 cm³/mol. The smallest absolute Gasteiger partial charge is 0.241 e. The van der Waals surface area contributed by atoms with Crippen LogP contribution in [0.25, 0.3) is 0 Å². The summed E-state index contributed by atoms with van der Waals surface area (Å²) in [4.78, 5) is 1.12. The minimum atomic E-state index is -3.42. The summed E-state index contributed by atoms with van der Waals surface area (Å²) >= 11 is 4.71. The number of sulfonamides is 1. The Kier molecular flexibility index (Phi) is 6.96. The maximum atomic E-state index is 12.0. The fourth-order valence-electron chi connectivity index (χ4n) is 1.44. The first-order chi connectivity index (χ1) is 8.83. The van der Waals surface area contributed by atoms with Crippen molar-refractivity contribution in [2.75, 3.05) is 19.8 Å². The minimum absolute atomic E-state index is 0.299. The van der Waals surface area contributed by atoms with Gasteiger partial charge in [-0.3, -0.25) is 0 Å². The molecule has 0 radical (unpaired) electrons. The first-order valence-corrected chi connectivity index (χ1v) is 9.25. The van der Waals surface area contributed by atoms with Gasteiger partial charge in [0.1, 0.15) is 0 Å². The van der Waals surface area contributed by atoms with Crippen molar-refractivity contribution >= 4 is 37.3 Å². The molecule has 7 heteroatoms. The first kappa shape index (κ1) is 17.1. The number of ether oxygens (including phenoxy) is 1. The van der Waals surface area contributed by atoms with Gasteiger partial charge in [-0.15, -0.1) is 11.3 Å². The highest BCUT2D eigenvalue weighted by Crippen LogP contribution is 2.29. The molecule has 0 aliphatic carbocycles. The van der Waals surface area contributed by atoms with Crippen molar-refractivity contribution in [1.82, 2.24) is 4.72 Å². The van der Waals surface area contributed by atoms with Gasteiger partial charge in [0, 0.05) is 18.0 Å². The van der Waals surface area contributed by atoms with E-state index >= 15 is 0 Å². The molecule has 110 valence electrons. The molecule has 0 amide bonds. The molecule has 1 rings (SSSR count). The SMILES string of the molecule is Cc1sc(Br)cc1S(=O)(=O)NCCOCCC(C)C. The number of rotatable bonds is 8. The van der Waals surface area contributed by atoms with E-state index in [0.717, 1.165) is 15.1 Å². The molecule has 0 atom stereocenters. The van der Waals surface area contributed by atoms with E-state index in [9.17, 15) is 8.42 Å². The van der Waals surface area contributed by atoms with Crippen molar-refractivity contribution in [3.8, 4) is 0 Å². The summed E-state index contributed by atoms with van der Waals surface area (Å²) in [6.07, 6.45) is 0.989. The number of thiophene rings is 1. The summed E-state index contributed by atoms with van der Waals surface area (Å²) in [6.45, 7) is 7.42. The van der Waals surface area contributed by atoms with Crippen molar-refractivity contribution in [1.29, 1.82) is 0 Å². The highest BCUT2D eigenvalue weighted by molar-refractivity contribution is 9.11. The molecule has 1 aromatic heterocycles. The molecule has 0 fully saturated rings. The van der Waals surface area contributed by atoms with E-state index in [1.54, 1.807) is 13.0 Å². The van der Waals surface area contributed by atoms with Crippen LogP contribution in [0.3, 0.4) is 0 Å². The molecule has 0 saturated heterocycles. The van der Waals surface area contributed by atoms with E-state index in [1.165, 1.54) is 11.3 Å². The Morgan fingerprint density at radius 2 is 2.11 bits per heavy atom. The van der Waals surface area contributed by atoms with E-state index < -0.39 is 10.0 Å². The maximum absolute atomic E-state index is 12.0. The lowest BCUT2D eigenvalue weighted by atomic mass is 10.1. The van der Waals surface area contributed by atoms with Crippen LogP contribution in [-0.2, 0) is 14.8 Å². The summed E-state index contributed by atoms with van der Waals surface area (Å²) in [6, 6.07) is 1.63. The average molecular weight is 370 g/mol. The lowest BCUT2D eigenvalue weighted by molar-refractivity contribution is 0.128. The second-order valence-corrected chi connectivity index (χ2v) is 9.03. The number of halogens is 1. The van der Waals surface area contributed by atoms with Gasteiger partial charge in [0.15, 0.2) is 0 Å². The normalized spacial score (nSPS) is 12.3. The first-order valence-electron chi connectivity index (χ1n) is 6.16. The average Bonchev–Trinajstić information content (AvgIpc) is 2.63. The third-order valence-corrected chi connectivity index (χ3v) is 5.78. The molecule has 0 unspecified atom stereocenters. The standard InChI is InChI=1S/C12H20BrNO3S2/c1-9(2)4-6-17-7-5-14-19(15,16)11-8-12(13)18-10(11)3/h8-9,14H,4-7H2,1-3H3. The highest BCUT2D eigenvalue weighted by Gasteiger charge is 2.18. The molecular formula is C12H20BrNO3S2. The zero-order chi connectivity index (χ0) is 14.5. The molecule has 0 saturated carbocycles. The van der Waals surface area contributed by atoms with Crippen LogP contribution in [0.5, 0.6) is 0 Å². The van der Waals surface area contributed by atoms with Gasteiger partial charge in [-0.05, 0) is 41.3 Å².